The van der Waals surface area contributed by atoms with Crippen molar-refractivity contribution in [2.75, 3.05) is 26.7 Å². The summed E-state index contributed by atoms with van der Waals surface area (Å²) in [5, 5.41) is 2.90. The fourth-order valence-electron chi connectivity index (χ4n) is 4.68. The molecule has 1 saturated carbocycles. The molecule has 0 radical (unpaired) electrons. The summed E-state index contributed by atoms with van der Waals surface area (Å²) in [6.45, 7) is 4.81. The molecule has 6 heteroatoms. The molecule has 2 fully saturated rings. The average molecular weight is 419 g/mol. The predicted octanol–water partition coefficient (Wildman–Crippen LogP) is 4.26. The van der Waals surface area contributed by atoms with Crippen molar-refractivity contribution in [2.45, 2.75) is 74.0 Å². The van der Waals surface area contributed by atoms with Crippen molar-refractivity contribution in [3.05, 3.63) is 29.8 Å². The van der Waals surface area contributed by atoms with Gasteiger partial charge >= 0.3 is 5.97 Å². The number of thioether (sulfide) groups is 1. The fourth-order valence-corrected chi connectivity index (χ4v) is 5.70. The summed E-state index contributed by atoms with van der Waals surface area (Å²) in [5.74, 6) is -0.330. The molecule has 3 rings (SSSR count). The van der Waals surface area contributed by atoms with E-state index in [4.69, 9.17) is 4.74 Å². The number of esters is 1. The van der Waals surface area contributed by atoms with Gasteiger partial charge in [-0.25, -0.2) is 0 Å². The van der Waals surface area contributed by atoms with E-state index in [1.807, 2.05) is 24.3 Å². The summed E-state index contributed by atoms with van der Waals surface area (Å²) in [5.41, 5.74) is 0.744. The lowest BCUT2D eigenvalue weighted by Crippen LogP contribution is -2.58. The Balaban J connectivity index is 1.69. The molecule has 1 aliphatic heterocycles. The molecular weight excluding hydrogens is 384 g/mol. The Kier molecular flexibility index (Phi) is 8.01. The predicted molar refractivity (Wildman–Crippen MR) is 117 cm³/mol. The summed E-state index contributed by atoms with van der Waals surface area (Å²) in [6, 6.07) is 7.53. The maximum absolute atomic E-state index is 13.1. The molecule has 0 spiro atoms. The standard InChI is InChI=1S/C23H34N2O3S/c1-18(22(27)28-2)29-20-12-6-5-11-19(20)21(26)24-17-23(13-7-3-8-14-23)25-15-9-4-10-16-25/h5-6,11-12,18H,3-4,7-10,13-17H2,1-2H3,(H,24,26). The molecule has 1 unspecified atom stereocenters. The van der Waals surface area contributed by atoms with Gasteiger partial charge < -0.3 is 10.1 Å². The minimum atomic E-state index is -0.355. The molecule has 1 heterocycles. The van der Waals surface area contributed by atoms with Crippen LogP contribution in [0.4, 0.5) is 0 Å². The molecule has 1 aromatic rings. The molecule has 2 aliphatic rings. The Hall–Kier alpha value is -1.53. The number of benzene rings is 1. The van der Waals surface area contributed by atoms with Gasteiger partial charge in [0.05, 0.1) is 12.7 Å². The van der Waals surface area contributed by atoms with Crippen molar-refractivity contribution < 1.29 is 14.3 Å². The van der Waals surface area contributed by atoms with E-state index in [0.717, 1.165) is 18.0 Å². The van der Waals surface area contributed by atoms with E-state index >= 15 is 0 Å². The number of hydrogen-bond donors (Lipinski definition) is 1. The second-order valence-corrected chi connectivity index (χ2v) is 9.68. The van der Waals surface area contributed by atoms with E-state index in [2.05, 4.69) is 10.2 Å². The van der Waals surface area contributed by atoms with Gasteiger partial charge in [0, 0.05) is 17.0 Å². The molecule has 1 aliphatic carbocycles. The zero-order valence-electron chi connectivity index (χ0n) is 17.7. The molecule has 0 bridgehead atoms. The van der Waals surface area contributed by atoms with E-state index in [1.54, 1.807) is 6.92 Å². The van der Waals surface area contributed by atoms with Gasteiger partial charge in [-0.05, 0) is 57.8 Å². The maximum Gasteiger partial charge on any atom is 0.318 e. The number of nitrogens with zero attached hydrogens (tertiary/aromatic N) is 1. The SMILES string of the molecule is COC(=O)C(C)Sc1ccccc1C(=O)NCC1(N2CCCCC2)CCCCC1. The summed E-state index contributed by atoms with van der Waals surface area (Å²) >= 11 is 1.37. The van der Waals surface area contributed by atoms with Crippen LogP contribution in [0.15, 0.2) is 29.2 Å². The highest BCUT2D eigenvalue weighted by atomic mass is 32.2. The number of amides is 1. The first-order valence-electron chi connectivity index (χ1n) is 10.9. The third kappa shape index (κ3) is 5.54. The van der Waals surface area contributed by atoms with Crippen molar-refractivity contribution in [3.8, 4) is 0 Å². The van der Waals surface area contributed by atoms with E-state index in [9.17, 15) is 9.59 Å². The molecule has 29 heavy (non-hydrogen) atoms. The van der Waals surface area contributed by atoms with E-state index < -0.39 is 0 Å². The van der Waals surface area contributed by atoms with Gasteiger partial charge in [0.15, 0.2) is 0 Å². The second kappa shape index (κ2) is 10.5. The van der Waals surface area contributed by atoms with Gasteiger partial charge in [-0.15, -0.1) is 11.8 Å². The molecule has 1 amide bonds. The third-order valence-corrected chi connectivity index (χ3v) is 7.51. The summed E-state index contributed by atoms with van der Waals surface area (Å²) in [7, 11) is 1.39. The molecular formula is C23H34N2O3S. The quantitative estimate of drug-likeness (QED) is 0.530. The zero-order valence-corrected chi connectivity index (χ0v) is 18.6. The Morgan fingerprint density at radius 3 is 2.45 bits per heavy atom. The first-order valence-corrected chi connectivity index (χ1v) is 11.8. The highest BCUT2D eigenvalue weighted by Crippen LogP contribution is 2.35. The topological polar surface area (TPSA) is 58.6 Å². The Labute approximate surface area is 178 Å². The Morgan fingerprint density at radius 1 is 1.10 bits per heavy atom. The number of ether oxygens (including phenoxy) is 1. The number of piperidine rings is 1. The number of rotatable bonds is 7. The van der Waals surface area contributed by atoms with Crippen molar-refractivity contribution in [1.29, 1.82) is 0 Å². The Morgan fingerprint density at radius 2 is 1.76 bits per heavy atom. The molecule has 1 atom stereocenters. The van der Waals surface area contributed by atoms with Crippen LogP contribution in [-0.2, 0) is 9.53 Å². The molecule has 1 saturated heterocycles. The molecule has 1 N–H and O–H groups in total. The van der Waals surface area contributed by atoms with Crippen LogP contribution in [0.25, 0.3) is 0 Å². The normalized spacial score (nSPS) is 20.6. The fraction of sp³-hybridized carbons (Fsp3) is 0.652. The summed E-state index contributed by atoms with van der Waals surface area (Å²) < 4.78 is 4.83. The maximum atomic E-state index is 13.1. The molecule has 1 aromatic carbocycles. The van der Waals surface area contributed by atoms with Crippen LogP contribution in [0.1, 0.15) is 68.6 Å². The lowest BCUT2D eigenvalue weighted by Gasteiger charge is -2.48. The number of carbonyl (C=O) groups is 2. The van der Waals surface area contributed by atoms with Crippen LogP contribution >= 0.6 is 11.8 Å². The smallest absolute Gasteiger partial charge is 0.318 e. The number of carbonyl (C=O) groups excluding carboxylic acids is 2. The summed E-state index contributed by atoms with van der Waals surface area (Å²) in [6.07, 6.45) is 9.98. The lowest BCUT2D eigenvalue weighted by molar-refractivity contribution is -0.139. The van der Waals surface area contributed by atoms with Crippen molar-refractivity contribution in [2.24, 2.45) is 0 Å². The van der Waals surface area contributed by atoms with Gasteiger partial charge in [-0.1, -0.05) is 37.8 Å². The van der Waals surface area contributed by atoms with Crippen LogP contribution in [0.5, 0.6) is 0 Å². The molecule has 0 aromatic heterocycles. The van der Waals surface area contributed by atoms with Gasteiger partial charge in [-0.2, -0.15) is 0 Å². The first-order chi connectivity index (χ1) is 14.1. The highest BCUT2D eigenvalue weighted by Gasteiger charge is 2.38. The number of nitrogens with one attached hydrogen (secondary N) is 1. The third-order valence-electron chi connectivity index (χ3n) is 6.36. The molecule has 160 valence electrons. The summed E-state index contributed by atoms with van der Waals surface area (Å²) in [4.78, 5) is 28.4. The van der Waals surface area contributed by atoms with Gasteiger partial charge in [0.1, 0.15) is 5.25 Å². The minimum Gasteiger partial charge on any atom is -0.468 e. The highest BCUT2D eigenvalue weighted by molar-refractivity contribution is 8.00. The average Bonchev–Trinajstić information content (AvgIpc) is 2.78. The number of methoxy groups -OCH3 is 1. The van der Waals surface area contributed by atoms with Crippen LogP contribution in [0, 0.1) is 0 Å². The van der Waals surface area contributed by atoms with Crippen LogP contribution in [0.2, 0.25) is 0 Å². The van der Waals surface area contributed by atoms with Gasteiger partial charge in [0.25, 0.3) is 5.91 Å². The van der Waals surface area contributed by atoms with E-state index in [-0.39, 0.29) is 22.7 Å². The number of hydrogen-bond acceptors (Lipinski definition) is 5. The lowest BCUT2D eigenvalue weighted by atomic mass is 9.79. The van der Waals surface area contributed by atoms with Crippen molar-refractivity contribution in [3.63, 3.8) is 0 Å². The van der Waals surface area contributed by atoms with Crippen LogP contribution in [-0.4, -0.2) is 54.3 Å². The van der Waals surface area contributed by atoms with E-state index in [0.29, 0.717) is 12.1 Å². The van der Waals surface area contributed by atoms with Crippen molar-refractivity contribution in [1.82, 2.24) is 10.2 Å². The van der Waals surface area contributed by atoms with E-state index in [1.165, 1.54) is 70.2 Å². The zero-order chi connectivity index (χ0) is 20.7. The second-order valence-electron chi connectivity index (χ2n) is 8.29. The largest absolute Gasteiger partial charge is 0.468 e. The van der Waals surface area contributed by atoms with Crippen LogP contribution < -0.4 is 5.32 Å². The monoisotopic (exact) mass is 418 g/mol. The van der Waals surface area contributed by atoms with Gasteiger partial charge in [-0.3, -0.25) is 14.5 Å². The van der Waals surface area contributed by atoms with Gasteiger partial charge in [0.2, 0.25) is 0 Å². The van der Waals surface area contributed by atoms with Crippen LogP contribution in [0.3, 0.4) is 0 Å². The van der Waals surface area contributed by atoms with Crippen molar-refractivity contribution >= 4 is 23.6 Å². The Bertz CT molecular complexity index is 697. The minimum absolute atomic E-state index is 0.0490. The molecule has 5 nitrogen and oxygen atoms in total. The number of likely N-dealkylation sites (tertiary alicyclic amines) is 1. The first kappa shape index (κ1) is 22.2.